The van der Waals surface area contributed by atoms with Crippen molar-refractivity contribution in [2.24, 2.45) is 0 Å². The Bertz CT molecular complexity index is 811. The van der Waals surface area contributed by atoms with Crippen LogP contribution >= 0.6 is 11.3 Å². The Morgan fingerprint density at radius 1 is 1.46 bits per heavy atom. The second kappa shape index (κ2) is 6.58. The van der Waals surface area contributed by atoms with E-state index in [9.17, 15) is 4.79 Å². The molecule has 0 bridgehead atoms. The highest BCUT2D eigenvalue weighted by Crippen LogP contribution is 2.25. The normalized spacial score (nSPS) is 16.8. The van der Waals surface area contributed by atoms with Crippen molar-refractivity contribution in [3.05, 3.63) is 46.7 Å². The monoisotopic (exact) mass is 344 g/mol. The second-order valence-electron chi connectivity index (χ2n) is 5.57. The van der Waals surface area contributed by atoms with Crippen molar-refractivity contribution >= 4 is 17.2 Å². The summed E-state index contributed by atoms with van der Waals surface area (Å²) in [5, 5.41) is 13.3. The average molecular weight is 344 g/mol. The molecule has 1 N–H and O–H groups in total. The van der Waals surface area contributed by atoms with E-state index in [0.717, 1.165) is 21.8 Å². The van der Waals surface area contributed by atoms with E-state index in [1.54, 1.807) is 23.9 Å². The number of carbonyl (C=O) groups is 1. The van der Waals surface area contributed by atoms with Gasteiger partial charge >= 0.3 is 0 Å². The number of aromatic nitrogens is 3. The van der Waals surface area contributed by atoms with Crippen LogP contribution in [0.25, 0.3) is 11.3 Å². The maximum Gasteiger partial charge on any atom is 0.225 e. The number of nitrogens with one attached hydrogen (secondary N) is 1. The Morgan fingerprint density at radius 2 is 2.42 bits per heavy atom. The molecule has 1 atom stereocenters. The highest BCUT2D eigenvalue weighted by atomic mass is 32.1. The number of rotatable bonds is 5. The van der Waals surface area contributed by atoms with Gasteiger partial charge in [0.2, 0.25) is 5.91 Å². The third-order valence-electron chi connectivity index (χ3n) is 3.91. The quantitative estimate of drug-likeness (QED) is 0.764. The molecule has 1 amide bonds. The zero-order valence-corrected chi connectivity index (χ0v) is 13.7. The van der Waals surface area contributed by atoms with Gasteiger partial charge in [-0.3, -0.25) is 4.79 Å². The molecule has 8 heteroatoms. The van der Waals surface area contributed by atoms with Crippen LogP contribution in [0.5, 0.6) is 0 Å². The predicted octanol–water partition coefficient (Wildman–Crippen LogP) is 1.86. The SMILES string of the molecule is O=C(Cc1cccs1)NCC1Cn2nnc(-c3ccoc3)c2CO1. The summed E-state index contributed by atoms with van der Waals surface area (Å²) in [6.45, 7) is 1.45. The van der Waals surface area contributed by atoms with Crippen molar-refractivity contribution < 1.29 is 13.9 Å². The van der Waals surface area contributed by atoms with Gasteiger partial charge in [0.1, 0.15) is 5.69 Å². The maximum atomic E-state index is 12.0. The number of ether oxygens (including phenoxy) is 1. The van der Waals surface area contributed by atoms with Crippen molar-refractivity contribution in [2.45, 2.75) is 25.7 Å². The Hall–Kier alpha value is -2.45. The van der Waals surface area contributed by atoms with E-state index in [1.807, 2.05) is 28.3 Å². The maximum absolute atomic E-state index is 12.0. The average Bonchev–Trinajstić information content (AvgIpc) is 3.33. The number of hydrogen-bond donors (Lipinski definition) is 1. The number of carbonyl (C=O) groups excluding carboxylic acids is 1. The van der Waals surface area contributed by atoms with E-state index < -0.39 is 0 Å². The highest BCUT2D eigenvalue weighted by molar-refractivity contribution is 7.10. The van der Waals surface area contributed by atoms with E-state index in [4.69, 9.17) is 9.15 Å². The van der Waals surface area contributed by atoms with Crippen LogP contribution in [-0.4, -0.2) is 33.5 Å². The summed E-state index contributed by atoms with van der Waals surface area (Å²) >= 11 is 1.58. The smallest absolute Gasteiger partial charge is 0.225 e. The largest absolute Gasteiger partial charge is 0.472 e. The standard InChI is InChI=1S/C16H16N4O3S/c21-15(6-13-2-1-5-24-13)17-7-12-8-20-14(10-23-12)16(18-19-20)11-3-4-22-9-11/h1-5,9,12H,6-8,10H2,(H,17,21). The van der Waals surface area contributed by atoms with Gasteiger partial charge in [0.05, 0.1) is 43.9 Å². The van der Waals surface area contributed by atoms with E-state index in [0.29, 0.717) is 26.1 Å². The summed E-state index contributed by atoms with van der Waals surface area (Å²) in [7, 11) is 0. The molecular formula is C16H16N4O3S. The molecule has 24 heavy (non-hydrogen) atoms. The molecule has 3 aromatic rings. The molecule has 4 heterocycles. The number of fused-ring (bicyclic) bond motifs is 1. The molecule has 0 spiro atoms. The van der Waals surface area contributed by atoms with Gasteiger partial charge in [-0.1, -0.05) is 11.3 Å². The van der Waals surface area contributed by atoms with Gasteiger partial charge in [0, 0.05) is 17.0 Å². The minimum absolute atomic E-state index is 0.00419. The number of hydrogen-bond acceptors (Lipinski definition) is 6. The van der Waals surface area contributed by atoms with Gasteiger partial charge in [-0.05, 0) is 17.5 Å². The molecule has 0 saturated heterocycles. The van der Waals surface area contributed by atoms with Crippen LogP contribution in [0.3, 0.4) is 0 Å². The van der Waals surface area contributed by atoms with Crippen LogP contribution in [0, 0.1) is 0 Å². The van der Waals surface area contributed by atoms with Gasteiger partial charge in [-0.15, -0.1) is 16.4 Å². The fraction of sp³-hybridized carbons (Fsp3) is 0.312. The lowest BCUT2D eigenvalue weighted by Gasteiger charge is -2.24. The lowest BCUT2D eigenvalue weighted by atomic mass is 10.2. The topological polar surface area (TPSA) is 82.2 Å². The Balaban J connectivity index is 1.34. The first kappa shape index (κ1) is 15.1. The Kier molecular flexibility index (Phi) is 4.14. The van der Waals surface area contributed by atoms with Crippen molar-refractivity contribution in [1.29, 1.82) is 0 Å². The lowest BCUT2D eigenvalue weighted by Crippen LogP contribution is -2.39. The van der Waals surface area contributed by atoms with E-state index in [2.05, 4.69) is 15.6 Å². The van der Waals surface area contributed by atoms with Gasteiger partial charge in [-0.2, -0.15) is 0 Å². The van der Waals surface area contributed by atoms with Gasteiger partial charge in [0.15, 0.2) is 0 Å². The molecule has 1 aliphatic rings. The molecule has 0 saturated carbocycles. The van der Waals surface area contributed by atoms with Crippen molar-refractivity contribution in [2.75, 3.05) is 6.54 Å². The van der Waals surface area contributed by atoms with Crippen LogP contribution in [0.4, 0.5) is 0 Å². The van der Waals surface area contributed by atoms with E-state index in [-0.39, 0.29) is 12.0 Å². The van der Waals surface area contributed by atoms with Crippen LogP contribution in [0.1, 0.15) is 10.6 Å². The van der Waals surface area contributed by atoms with Gasteiger partial charge < -0.3 is 14.5 Å². The molecule has 124 valence electrons. The van der Waals surface area contributed by atoms with Gasteiger partial charge in [-0.25, -0.2) is 4.68 Å². The molecule has 3 aromatic heterocycles. The zero-order chi connectivity index (χ0) is 16.4. The second-order valence-corrected chi connectivity index (χ2v) is 6.60. The number of furan rings is 1. The molecule has 0 fully saturated rings. The summed E-state index contributed by atoms with van der Waals surface area (Å²) in [5.41, 5.74) is 2.60. The summed E-state index contributed by atoms with van der Waals surface area (Å²) in [6.07, 6.45) is 3.55. The predicted molar refractivity (Wildman–Crippen MR) is 87.3 cm³/mol. The molecule has 0 aliphatic carbocycles. The molecule has 4 rings (SSSR count). The molecule has 0 aromatic carbocycles. The molecule has 0 radical (unpaired) electrons. The first-order valence-corrected chi connectivity index (χ1v) is 8.53. The first-order chi connectivity index (χ1) is 11.8. The summed E-state index contributed by atoms with van der Waals surface area (Å²) in [4.78, 5) is 13.0. The first-order valence-electron chi connectivity index (χ1n) is 7.65. The Morgan fingerprint density at radius 3 is 3.21 bits per heavy atom. The fourth-order valence-corrected chi connectivity index (χ4v) is 3.38. The van der Waals surface area contributed by atoms with Crippen LogP contribution in [0.2, 0.25) is 0 Å². The number of nitrogens with zero attached hydrogens (tertiary/aromatic N) is 3. The molecule has 1 unspecified atom stereocenters. The highest BCUT2D eigenvalue weighted by Gasteiger charge is 2.25. The summed E-state index contributed by atoms with van der Waals surface area (Å²) in [6, 6.07) is 5.75. The van der Waals surface area contributed by atoms with Crippen LogP contribution < -0.4 is 5.32 Å². The molecule has 7 nitrogen and oxygen atoms in total. The van der Waals surface area contributed by atoms with Crippen molar-refractivity contribution in [3.8, 4) is 11.3 Å². The zero-order valence-electron chi connectivity index (χ0n) is 12.8. The van der Waals surface area contributed by atoms with E-state index >= 15 is 0 Å². The molecule has 1 aliphatic heterocycles. The molecular weight excluding hydrogens is 328 g/mol. The summed E-state index contributed by atoms with van der Waals surface area (Å²) in [5.74, 6) is 0.00419. The van der Waals surface area contributed by atoms with Crippen LogP contribution in [0.15, 0.2) is 40.5 Å². The minimum Gasteiger partial charge on any atom is -0.472 e. The third-order valence-corrected chi connectivity index (χ3v) is 4.78. The summed E-state index contributed by atoms with van der Waals surface area (Å²) < 4.78 is 12.8. The van der Waals surface area contributed by atoms with Gasteiger partial charge in [0.25, 0.3) is 0 Å². The van der Waals surface area contributed by atoms with Crippen molar-refractivity contribution in [3.63, 3.8) is 0 Å². The third kappa shape index (κ3) is 3.10. The Labute approximate surface area is 142 Å². The lowest BCUT2D eigenvalue weighted by molar-refractivity contribution is -0.121. The van der Waals surface area contributed by atoms with Crippen LogP contribution in [-0.2, 0) is 29.1 Å². The van der Waals surface area contributed by atoms with Crippen molar-refractivity contribution in [1.82, 2.24) is 20.3 Å². The van der Waals surface area contributed by atoms with E-state index in [1.165, 1.54) is 0 Å². The minimum atomic E-state index is -0.108. The number of thiophene rings is 1. The number of amides is 1. The fourth-order valence-electron chi connectivity index (χ4n) is 2.67.